The standard InChI is InChI=1S/C20H19N3O2S/c1-2-24-10-7-14-8-11-25-17-6-5-16(23-19(14)17)18-13-22-20(26-18)15-4-3-9-21-12-15/h3-7,9,12-13H,2,8,10-11H2,1H3/b14-7-. The molecule has 0 spiro atoms. The fraction of sp³-hybridized carbons (Fsp3) is 0.250. The minimum Gasteiger partial charge on any atom is -0.491 e. The van der Waals surface area contributed by atoms with Crippen molar-refractivity contribution in [3.8, 4) is 26.9 Å². The van der Waals surface area contributed by atoms with Gasteiger partial charge in [0.1, 0.15) is 16.5 Å². The highest BCUT2D eigenvalue weighted by Gasteiger charge is 2.18. The van der Waals surface area contributed by atoms with E-state index in [4.69, 9.17) is 14.5 Å². The molecule has 3 aromatic heterocycles. The third-order valence-corrected chi connectivity index (χ3v) is 5.18. The Bertz CT molecular complexity index is 922. The number of aromatic nitrogens is 3. The van der Waals surface area contributed by atoms with Crippen molar-refractivity contribution < 1.29 is 9.47 Å². The Morgan fingerprint density at radius 2 is 2.23 bits per heavy atom. The summed E-state index contributed by atoms with van der Waals surface area (Å²) in [5.41, 5.74) is 4.01. The van der Waals surface area contributed by atoms with Gasteiger partial charge in [-0.1, -0.05) is 6.08 Å². The van der Waals surface area contributed by atoms with Gasteiger partial charge in [0.2, 0.25) is 0 Å². The fourth-order valence-electron chi connectivity index (χ4n) is 2.81. The monoisotopic (exact) mass is 365 g/mol. The third kappa shape index (κ3) is 3.52. The number of hydrogen-bond acceptors (Lipinski definition) is 6. The number of nitrogens with zero attached hydrogens (tertiary/aromatic N) is 3. The van der Waals surface area contributed by atoms with Gasteiger partial charge >= 0.3 is 0 Å². The predicted octanol–water partition coefficient (Wildman–Crippen LogP) is 4.47. The van der Waals surface area contributed by atoms with Gasteiger partial charge in [0.05, 0.1) is 23.8 Å². The number of ether oxygens (including phenoxy) is 2. The smallest absolute Gasteiger partial charge is 0.145 e. The summed E-state index contributed by atoms with van der Waals surface area (Å²) in [5.74, 6) is 0.833. The molecule has 0 aromatic carbocycles. The highest BCUT2D eigenvalue weighted by molar-refractivity contribution is 7.18. The molecular formula is C20H19N3O2S. The Balaban J connectivity index is 1.66. The maximum Gasteiger partial charge on any atom is 0.145 e. The molecule has 0 unspecified atom stereocenters. The highest BCUT2D eigenvalue weighted by atomic mass is 32.1. The summed E-state index contributed by atoms with van der Waals surface area (Å²) in [6, 6.07) is 7.91. The molecule has 1 aliphatic heterocycles. The lowest BCUT2D eigenvalue weighted by Crippen LogP contribution is -2.10. The van der Waals surface area contributed by atoms with Crippen molar-refractivity contribution in [2.75, 3.05) is 19.8 Å². The molecule has 0 amide bonds. The quantitative estimate of drug-likeness (QED) is 0.625. The molecule has 6 heteroatoms. The molecule has 0 radical (unpaired) electrons. The van der Waals surface area contributed by atoms with E-state index in [1.165, 1.54) is 5.57 Å². The van der Waals surface area contributed by atoms with E-state index in [2.05, 4.69) is 16.0 Å². The number of fused-ring (bicyclic) bond motifs is 1. The molecule has 0 N–H and O–H groups in total. The van der Waals surface area contributed by atoms with Crippen molar-refractivity contribution in [2.45, 2.75) is 13.3 Å². The molecule has 1 aliphatic rings. The SMILES string of the molecule is CCOC/C=C1/CCOc2ccc(-c3cnc(-c4cccnc4)s3)nc21. The van der Waals surface area contributed by atoms with Gasteiger partial charge in [-0.15, -0.1) is 11.3 Å². The van der Waals surface area contributed by atoms with Crippen LogP contribution in [0.25, 0.3) is 26.7 Å². The number of thiazole rings is 1. The van der Waals surface area contributed by atoms with Crippen LogP contribution in [-0.2, 0) is 4.74 Å². The van der Waals surface area contributed by atoms with Gasteiger partial charge in [0.25, 0.3) is 0 Å². The summed E-state index contributed by atoms with van der Waals surface area (Å²) < 4.78 is 11.2. The molecule has 4 heterocycles. The summed E-state index contributed by atoms with van der Waals surface area (Å²) >= 11 is 1.61. The van der Waals surface area contributed by atoms with E-state index in [-0.39, 0.29) is 0 Å². The van der Waals surface area contributed by atoms with E-state index in [0.29, 0.717) is 19.8 Å². The Labute approximate surface area is 156 Å². The first-order valence-electron chi connectivity index (χ1n) is 8.62. The summed E-state index contributed by atoms with van der Waals surface area (Å²) in [6.45, 7) is 3.98. The van der Waals surface area contributed by atoms with E-state index in [1.807, 2.05) is 43.6 Å². The lowest BCUT2D eigenvalue weighted by Gasteiger charge is -2.19. The average molecular weight is 365 g/mol. The van der Waals surface area contributed by atoms with Gasteiger partial charge < -0.3 is 9.47 Å². The summed E-state index contributed by atoms with van der Waals surface area (Å²) in [6.07, 6.45) is 8.41. The zero-order valence-electron chi connectivity index (χ0n) is 14.5. The van der Waals surface area contributed by atoms with Gasteiger partial charge in [0, 0.05) is 37.2 Å². The molecule has 0 atom stereocenters. The van der Waals surface area contributed by atoms with Crippen LogP contribution in [0.5, 0.6) is 5.75 Å². The van der Waals surface area contributed by atoms with Crippen LogP contribution in [0.2, 0.25) is 0 Å². The second kappa shape index (κ2) is 7.76. The van der Waals surface area contributed by atoms with Crippen molar-refractivity contribution in [2.24, 2.45) is 0 Å². The first kappa shape index (κ1) is 16.9. The van der Waals surface area contributed by atoms with Crippen molar-refractivity contribution in [3.63, 3.8) is 0 Å². The van der Waals surface area contributed by atoms with Crippen LogP contribution in [0.15, 0.2) is 48.9 Å². The molecule has 4 rings (SSSR count). The predicted molar refractivity (Wildman–Crippen MR) is 103 cm³/mol. The van der Waals surface area contributed by atoms with Crippen molar-refractivity contribution >= 4 is 16.9 Å². The topological polar surface area (TPSA) is 57.1 Å². The largest absolute Gasteiger partial charge is 0.491 e. The van der Waals surface area contributed by atoms with Crippen LogP contribution in [0.3, 0.4) is 0 Å². The zero-order valence-corrected chi connectivity index (χ0v) is 15.3. The Morgan fingerprint density at radius 3 is 3.08 bits per heavy atom. The molecule has 5 nitrogen and oxygen atoms in total. The molecule has 0 saturated heterocycles. The maximum atomic E-state index is 5.76. The van der Waals surface area contributed by atoms with Crippen LogP contribution in [0, 0.1) is 0 Å². The first-order valence-corrected chi connectivity index (χ1v) is 9.44. The van der Waals surface area contributed by atoms with Crippen LogP contribution < -0.4 is 4.74 Å². The second-order valence-electron chi connectivity index (χ2n) is 5.80. The van der Waals surface area contributed by atoms with E-state index >= 15 is 0 Å². The van der Waals surface area contributed by atoms with Crippen molar-refractivity contribution in [1.82, 2.24) is 15.0 Å². The van der Waals surface area contributed by atoms with Gasteiger partial charge in [-0.05, 0) is 36.8 Å². The Hall–Kier alpha value is -2.57. The molecular weight excluding hydrogens is 346 g/mol. The lowest BCUT2D eigenvalue weighted by molar-refractivity contribution is 0.177. The van der Waals surface area contributed by atoms with Crippen LogP contribution in [0.1, 0.15) is 19.0 Å². The molecule has 0 saturated carbocycles. The minimum atomic E-state index is 0.600. The number of pyridine rings is 2. The van der Waals surface area contributed by atoms with Gasteiger partial charge in [-0.2, -0.15) is 0 Å². The third-order valence-electron chi connectivity index (χ3n) is 4.11. The minimum absolute atomic E-state index is 0.600. The first-order chi connectivity index (χ1) is 12.8. The summed E-state index contributed by atoms with van der Waals surface area (Å²) in [7, 11) is 0. The lowest BCUT2D eigenvalue weighted by atomic mass is 10.0. The van der Waals surface area contributed by atoms with Gasteiger partial charge in [-0.3, -0.25) is 4.98 Å². The summed E-state index contributed by atoms with van der Waals surface area (Å²) in [5, 5.41) is 0.941. The average Bonchev–Trinajstić information content (AvgIpc) is 3.19. The number of hydrogen-bond donors (Lipinski definition) is 0. The molecule has 0 aliphatic carbocycles. The van der Waals surface area contributed by atoms with Crippen LogP contribution >= 0.6 is 11.3 Å². The van der Waals surface area contributed by atoms with E-state index in [1.54, 1.807) is 17.5 Å². The molecule has 0 fully saturated rings. The van der Waals surface area contributed by atoms with Gasteiger partial charge in [-0.25, -0.2) is 9.97 Å². The van der Waals surface area contributed by atoms with Crippen molar-refractivity contribution in [1.29, 1.82) is 0 Å². The molecule has 0 bridgehead atoms. The van der Waals surface area contributed by atoms with Crippen LogP contribution in [-0.4, -0.2) is 34.8 Å². The summed E-state index contributed by atoms with van der Waals surface area (Å²) in [4.78, 5) is 14.6. The van der Waals surface area contributed by atoms with Gasteiger partial charge in [0.15, 0.2) is 0 Å². The Kier molecular flexibility index (Phi) is 5.04. The molecule has 3 aromatic rings. The van der Waals surface area contributed by atoms with Crippen molar-refractivity contribution in [3.05, 3.63) is 54.6 Å². The Morgan fingerprint density at radius 1 is 1.27 bits per heavy atom. The zero-order chi connectivity index (χ0) is 17.8. The second-order valence-corrected chi connectivity index (χ2v) is 6.83. The molecule has 26 heavy (non-hydrogen) atoms. The van der Waals surface area contributed by atoms with E-state index < -0.39 is 0 Å². The maximum absolute atomic E-state index is 5.76. The van der Waals surface area contributed by atoms with Crippen LogP contribution in [0.4, 0.5) is 0 Å². The fourth-order valence-corrected chi connectivity index (χ4v) is 3.69. The normalized spacial score (nSPS) is 14.9. The van der Waals surface area contributed by atoms with E-state index in [0.717, 1.165) is 39.0 Å². The molecule has 132 valence electrons. The van der Waals surface area contributed by atoms with E-state index in [9.17, 15) is 0 Å². The highest BCUT2D eigenvalue weighted by Crippen LogP contribution is 2.36. The number of rotatable bonds is 5.